The Morgan fingerprint density at radius 3 is 1.88 bits per heavy atom. The van der Waals surface area contributed by atoms with Crippen molar-refractivity contribution >= 4 is 23.7 Å². The molecule has 0 saturated carbocycles. The van der Waals surface area contributed by atoms with E-state index in [4.69, 9.17) is 4.74 Å². The van der Waals surface area contributed by atoms with Crippen LogP contribution in [0.3, 0.4) is 0 Å². The molecule has 0 N–H and O–H groups in total. The summed E-state index contributed by atoms with van der Waals surface area (Å²) < 4.78 is 19.5. The first kappa shape index (κ1) is 18.5. The van der Waals surface area contributed by atoms with E-state index in [0.29, 0.717) is 23.6 Å². The molecule has 2 aromatic carbocycles. The van der Waals surface area contributed by atoms with Crippen LogP contribution in [0.1, 0.15) is 33.1 Å². The summed E-state index contributed by atoms with van der Waals surface area (Å²) in [6.45, 7) is 4.15. The molecule has 0 bridgehead atoms. The molecule has 4 heteroatoms. The molecule has 0 radical (unpaired) electrons. The van der Waals surface area contributed by atoms with Crippen molar-refractivity contribution in [2.75, 3.05) is 6.61 Å². The third-order valence-electron chi connectivity index (χ3n) is 4.11. The lowest BCUT2D eigenvalue weighted by atomic mass is 10.2. The van der Waals surface area contributed by atoms with Crippen LogP contribution in [0.5, 0.6) is 0 Å². The Bertz CT molecular complexity index is 639. The van der Waals surface area contributed by atoms with E-state index in [1.54, 1.807) is 6.92 Å². The van der Waals surface area contributed by atoms with Crippen LogP contribution >= 0.6 is 7.14 Å². The zero-order chi connectivity index (χ0) is 17.4. The summed E-state index contributed by atoms with van der Waals surface area (Å²) >= 11 is 0. The molecule has 24 heavy (non-hydrogen) atoms. The molecular formula is C20H25O3P. The van der Waals surface area contributed by atoms with E-state index in [-0.39, 0.29) is 5.97 Å². The van der Waals surface area contributed by atoms with Crippen molar-refractivity contribution in [1.82, 2.24) is 0 Å². The number of rotatable bonds is 8. The van der Waals surface area contributed by atoms with Gasteiger partial charge < -0.3 is 9.30 Å². The highest BCUT2D eigenvalue weighted by atomic mass is 31.2. The van der Waals surface area contributed by atoms with Crippen LogP contribution in [0.15, 0.2) is 60.7 Å². The molecule has 0 aliphatic carbocycles. The average Bonchev–Trinajstić information content (AvgIpc) is 2.63. The normalized spacial score (nSPS) is 12.6. The van der Waals surface area contributed by atoms with Crippen LogP contribution in [-0.4, -0.2) is 18.2 Å². The van der Waals surface area contributed by atoms with E-state index >= 15 is 0 Å². The van der Waals surface area contributed by atoms with E-state index in [2.05, 4.69) is 6.92 Å². The predicted octanol–water partition coefficient (Wildman–Crippen LogP) is 4.12. The lowest BCUT2D eigenvalue weighted by Gasteiger charge is -2.27. The molecule has 0 aliphatic heterocycles. The molecule has 0 aromatic heterocycles. The second-order valence-corrected chi connectivity index (χ2v) is 8.71. The quantitative estimate of drug-likeness (QED) is 0.534. The van der Waals surface area contributed by atoms with E-state index in [9.17, 15) is 9.36 Å². The topological polar surface area (TPSA) is 43.4 Å². The number of carbonyl (C=O) groups is 1. The summed E-state index contributed by atoms with van der Waals surface area (Å²) in [6, 6.07) is 18.7. The largest absolute Gasteiger partial charge is 0.465 e. The van der Waals surface area contributed by atoms with Crippen LogP contribution in [-0.2, 0) is 14.1 Å². The highest BCUT2D eigenvalue weighted by Crippen LogP contribution is 2.50. The van der Waals surface area contributed by atoms with Gasteiger partial charge in [-0.05, 0) is 13.3 Å². The van der Waals surface area contributed by atoms with Gasteiger partial charge in [0.05, 0.1) is 6.61 Å². The molecule has 2 aromatic rings. The monoisotopic (exact) mass is 344 g/mol. The Balaban J connectivity index is 2.58. The molecule has 0 fully saturated rings. The number of unbranched alkanes of at least 4 members (excludes halogenated alkanes) is 1. The van der Waals surface area contributed by atoms with Crippen LogP contribution < -0.4 is 10.6 Å². The fourth-order valence-electron chi connectivity index (χ4n) is 2.89. The Hall–Kier alpha value is -1.86. The first-order chi connectivity index (χ1) is 11.6. The number of hydrogen-bond acceptors (Lipinski definition) is 3. The second kappa shape index (κ2) is 8.84. The average molecular weight is 344 g/mol. The van der Waals surface area contributed by atoms with Gasteiger partial charge in [0.25, 0.3) is 0 Å². The summed E-state index contributed by atoms with van der Waals surface area (Å²) in [5.74, 6) is -0.359. The Kier molecular flexibility index (Phi) is 6.81. The van der Waals surface area contributed by atoms with Gasteiger partial charge in [0, 0.05) is 10.6 Å². The minimum Gasteiger partial charge on any atom is -0.465 e. The first-order valence-corrected chi connectivity index (χ1v) is 10.3. The highest BCUT2D eigenvalue weighted by Gasteiger charge is 2.41. The van der Waals surface area contributed by atoms with Gasteiger partial charge in [-0.2, -0.15) is 0 Å². The van der Waals surface area contributed by atoms with Gasteiger partial charge in [-0.3, -0.25) is 4.79 Å². The van der Waals surface area contributed by atoms with Gasteiger partial charge >= 0.3 is 5.97 Å². The van der Waals surface area contributed by atoms with Crippen molar-refractivity contribution in [3.8, 4) is 0 Å². The van der Waals surface area contributed by atoms with E-state index in [1.807, 2.05) is 60.7 Å². The number of ether oxygens (including phenoxy) is 1. The molecule has 1 unspecified atom stereocenters. The standard InChI is InChI=1S/C20H25O3P/c1-3-5-16-19(20(21)23-4-2)24(22,17-12-8-6-9-13-17)18-14-10-7-11-15-18/h6-15,19H,3-5,16H2,1-2H3. The summed E-state index contributed by atoms with van der Waals surface area (Å²) in [7, 11) is -3.12. The van der Waals surface area contributed by atoms with Crippen LogP contribution in [0.4, 0.5) is 0 Å². The zero-order valence-corrected chi connectivity index (χ0v) is 15.2. The van der Waals surface area contributed by atoms with Gasteiger partial charge in [-0.25, -0.2) is 0 Å². The van der Waals surface area contributed by atoms with Gasteiger partial charge in [-0.1, -0.05) is 80.4 Å². The Morgan fingerprint density at radius 1 is 0.958 bits per heavy atom. The zero-order valence-electron chi connectivity index (χ0n) is 14.4. The lowest BCUT2D eigenvalue weighted by molar-refractivity contribution is -0.142. The maximum absolute atomic E-state index is 14.2. The van der Waals surface area contributed by atoms with Crippen molar-refractivity contribution in [3.05, 3.63) is 60.7 Å². The minimum atomic E-state index is -3.12. The maximum Gasteiger partial charge on any atom is 0.317 e. The highest BCUT2D eigenvalue weighted by molar-refractivity contribution is 7.80. The Labute approximate surface area is 144 Å². The van der Waals surface area contributed by atoms with Crippen molar-refractivity contribution in [2.45, 2.75) is 38.8 Å². The van der Waals surface area contributed by atoms with Crippen molar-refractivity contribution in [1.29, 1.82) is 0 Å². The molecule has 0 spiro atoms. The van der Waals surface area contributed by atoms with E-state index in [1.165, 1.54) is 0 Å². The lowest BCUT2D eigenvalue weighted by Crippen LogP contribution is -2.33. The Morgan fingerprint density at radius 2 is 1.46 bits per heavy atom. The van der Waals surface area contributed by atoms with Crippen LogP contribution in [0.25, 0.3) is 0 Å². The molecule has 0 heterocycles. The molecule has 0 aliphatic rings. The summed E-state index contributed by atoms with van der Waals surface area (Å²) in [5, 5.41) is 1.43. The molecule has 0 saturated heterocycles. The third kappa shape index (κ3) is 3.96. The molecule has 0 amide bonds. The van der Waals surface area contributed by atoms with Crippen molar-refractivity contribution < 1.29 is 14.1 Å². The fourth-order valence-corrected chi connectivity index (χ4v) is 6.06. The summed E-state index contributed by atoms with van der Waals surface area (Å²) in [6.07, 6.45) is 2.35. The van der Waals surface area contributed by atoms with Crippen LogP contribution in [0.2, 0.25) is 0 Å². The number of benzene rings is 2. The minimum absolute atomic E-state index is 0.297. The van der Waals surface area contributed by atoms with E-state index in [0.717, 1.165) is 12.8 Å². The third-order valence-corrected chi connectivity index (χ3v) is 7.59. The molecule has 1 atom stereocenters. The maximum atomic E-state index is 14.2. The second-order valence-electron chi connectivity index (χ2n) is 5.74. The van der Waals surface area contributed by atoms with Gasteiger partial charge in [0.2, 0.25) is 0 Å². The number of hydrogen-bond donors (Lipinski definition) is 0. The SMILES string of the molecule is CCCCC(C(=O)OCC)P(=O)(c1ccccc1)c1ccccc1. The molecule has 128 valence electrons. The molecular weight excluding hydrogens is 319 g/mol. The molecule has 3 nitrogen and oxygen atoms in total. The summed E-state index contributed by atoms with van der Waals surface area (Å²) in [5.41, 5.74) is -0.637. The van der Waals surface area contributed by atoms with Gasteiger partial charge in [0.15, 0.2) is 7.14 Å². The predicted molar refractivity (Wildman–Crippen MR) is 99.7 cm³/mol. The van der Waals surface area contributed by atoms with Gasteiger partial charge in [-0.15, -0.1) is 0 Å². The molecule has 2 rings (SSSR count). The first-order valence-electron chi connectivity index (χ1n) is 8.52. The number of esters is 1. The van der Waals surface area contributed by atoms with E-state index < -0.39 is 12.8 Å². The van der Waals surface area contributed by atoms with Gasteiger partial charge in [0.1, 0.15) is 5.66 Å². The number of carbonyl (C=O) groups excluding carboxylic acids is 1. The summed E-state index contributed by atoms with van der Waals surface area (Å²) in [4.78, 5) is 12.6. The fraction of sp³-hybridized carbons (Fsp3) is 0.350. The van der Waals surface area contributed by atoms with Crippen molar-refractivity contribution in [2.24, 2.45) is 0 Å². The van der Waals surface area contributed by atoms with Crippen molar-refractivity contribution in [3.63, 3.8) is 0 Å². The van der Waals surface area contributed by atoms with Crippen LogP contribution in [0, 0.1) is 0 Å². The smallest absolute Gasteiger partial charge is 0.317 e.